The molecule has 0 aromatic heterocycles. The van der Waals surface area contributed by atoms with Gasteiger partial charge in [-0.1, -0.05) is 28.1 Å². The fourth-order valence-corrected chi connectivity index (χ4v) is 3.07. The number of sulfonamides is 1. The number of amides is 1. The summed E-state index contributed by atoms with van der Waals surface area (Å²) >= 11 is 3.21. The van der Waals surface area contributed by atoms with Crippen molar-refractivity contribution in [1.29, 1.82) is 0 Å². The molecule has 8 heteroatoms. The lowest BCUT2D eigenvalue weighted by atomic mass is 10.1. The largest absolute Gasteiger partial charge is 0.465 e. The van der Waals surface area contributed by atoms with E-state index in [0.29, 0.717) is 11.1 Å². The molecule has 0 unspecified atom stereocenters. The molecule has 0 saturated carbocycles. The van der Waals surface area contributed by atoms with E-state index in [1.165, 1.54) is 25.3 Å². The summed E-state index contributed by atoms with van der Waals surface area (Å²) in [5.74, 6) is -1.24. The molecule has 0 aliphatic heterocycles. The highest BCUT2D eigenvalue weighted by molar-refractivity contribution is 9.10. The first-order chi connectivity index (χ1) is 11.8. The molecular formula is C17H14BrNO5S. The minimum Gasteiger partial charge on any atom is -0.465 e. The van der Waals surface area contributed by atoms with Crippen LogP contribution in [0.2, 0.25) is 0 Å². The average Bonchev–Trinajstić information content (AvgIpc) is 2.59. The van der Waals surface area contributed by atoms with Crippen molar-refractivity contribution in [2.45, 2.75) is 4.90 Å². The van der Waals surface area contributed by atoms with E-state index in [9.17, 15) is 18.0 Å². The first kappa shape index (κ1) is 18.9. The molecule has 130 valence electrons. The Kier molecular flexibility index (Phi) is 6.11. The summed E-state index contributed by atoms with van der Waals surface area (Å²) in [7, 11) is -2.65. The van der Waals surface area contributed by atoms with E-state index in [2.05, 4.69) is 20.7 Å². The third kappa shape index (κ3) is 5.27. The Morgan fingerprint density at radius 1 is 1.04 bits per heavy atom. The fourth-order valence-electron chi connectivity index (χ4n) is 1.86. The molecule has 2 rings (SSSR count). The molecule has 0 saturated heterocycles. The number of methoxy groups -OCH3 is 1. The first-order valence-corrected chi connectivity index (χ1v) is 9.28. The van der Waals surface area contributed by atoms with E-state index >= 15 is 0 Å². The molecule has 0 heterocycles. The van der Waals surface area contributed by atoms with Crippen molar-refractivity contribution in [3.05, 3.63) is 70.2 Å². The maximum Gasteiger partial charge on any atom is 0.337 e. The minimum absolute atomic E-state index is 0.0140. The van der Waals surface area contributed by atoms with Gasteiger partial charge in [-0.3, -0.25) is 4.79 Å². The standard InChI is InChI=1S/C17H14BrNO5S/c1-24-17(21)13-5-2-12(3-6-13)4-11-16(20)19-25(22,23)15-9-7-14(18)8-10-15/h2-11H,1H3,(H,19,20). The van der Waals surface area contributed by atoms with Gasteiger partial charge in [0, 0.05) is 10.5 Å². The van der Waals surface area contributed by atoms with Crippen molar-refractivity contribution in [2.24, 2.45) is 0 Å². The summed E-state index contributed by atoms with van der Waals surface area (Å²) < 4.78 is 31.4. The number of nitrogens with one attached hydrogen (secondary N) is 1. The van der Waals surface area contributed by atoms with Gasteiger partial charge in [0.05, 0.1) is 17.6 Å². The molecule has 25 heavy (non-hydrogen) atoms. The van der Waals surface area contributed by atoms with Crippen molar-refractivity contribution in [1.82, 2.24) is 4.72 Å². The van der Waals surface area contributed by atoms with Crippen LogP contribution < -0.4 is 4.72 Å². The molecule has 2 aromatic rings. The number of hydrogen-bond donors (Lipinski definition) is 1. The zero-order chi connectivity index (χ0) is 18.4. The van der Waals surface area contributed by atoms with Crippen molar-refractivity contribution in [3.63, 3.8) is 0 Å². The van der Waals surface area contributed by atoms with Crippen LogP contribution in [0.15, 0.2) is 64.0 Å². The highest BCUT2D eigenvalue weighted by Crippen LogP contribution is 2.14. The van der Waals surface area contributed by atoms with Crippen LogP contribution in [0.3, 0.4) is 0 Å². The van der Waals surface area contributed by atoms with Gasteiger partial charge in [0.15, 0.2) is 0 Å². The molecule has 0 spiro atoms. The molecule has 1 amide bonds. The van der Waals surface area contributed by atoms with Crippen LogP contribution in [0.5, 0.6) is 0 Å². The van der Waals surface area contributed by atoms with Crippen LogP contribution >= 0.6 is 15.9 Å². The first-order valence-electron chi connectivity index (χ1n) is 7.00. The lowest BCUT2D eigenvalue weighted by Crippen LogP contribution is -2.28. The van der Waals surface area contributed by atoms with Crippen LogP contribution in [0.25, 0.3) is 6.08 Å². The number of benzene rings is 2. The second-order valence-electron chi connectivity index (χ2n) is 4.87. The van der Waals surface area contributed by atoms with Gasteiger partial charge in [0.25, 0.3) is 15.9 Å². The predicted octanol–water partition coefficient (Wildman–Crippen LogP) is 2.75. The van der Waals surface area contributed by atoms with E-state index in [1.807, 2.05) is 4.72 Å². The van der Waals surface area contributed by atoms with Crippen LogP contribution in [0, 0.1) is 0 Å². The van der Waals surface area contributed by atoms with Crippen LogP contribution in [0.4, 0.5) is 0 Å². The predicted molar refractivity (Wildman–Crippen MR) is 96.3 cm³/mol. The number of halogens is 1. The smallest absolute Gasteiger partial charge is 0.337 e. The van der Waals surface area contributed by atoms with Gasteiger partial charge in [-0.2, -0.15) is 0 Å². The van der Waals surface area contributed by atoms with E-state index in [4.69, 9.17) is 0 Å². The van der Waals surface area contributed by atoms with Crippen molar-refractivity contribution >= 4 is 43.9 Å². The number of rotatable bonds is 5. The van der Waals surface area contributed by atoms with E-state index < -0.39 is 21.9 Å². The third-order valence-corrected chi connectivity index (χ3v) is 5.01. The van der Waals surface area contributed by atoms with Gasteiger partial charge < -0.3 is 4.74 Å². The topological polar surface area (TPSA) is 89.5 Å². The van der Waals surface area contributed by atoms with Crippen molar-refractivity contribution in [3.8, 4) is 0 Å². The fraction of sp³-hybridized carbons (Fsp3) is 0.0588. The highest BCUT2D eigenvalue weighted by atomic mass is 79.9. The molecule has 2 aromatic carbocycles. The summed E-state index contributed by atoms with van der Waals surface area (Å²) in [6.07, 6.45) is 2.54. The SMILES string of the molecule is COC(=O)c1ccc(C=CC(=O)NS(=O)(=O)c2ccc(Br)cc2)cc1. The minimum atomic E-state index is -3.93. The molecule has 0 atom stereocenters. The van der Waals surface area contributed by atoms with Gasteiger partial charge in [-0.15, -0.1) is 0 Å². The lowest BCUT2D eigenvalue weighted by Gasteiger charge is -2.04. The van der Waals surface area contributed by atoms with Gasteiger partial charge in [-0.05, 0) is 48.0 Å². The summed E-state index contributed by atoms with van der Waals surface area (Å²) in [6, 6.07) is 12.2. The number of carbonyl (C=O) groups is 2. The maximum atomic E-state index is 12.1. The van der Waals surface area contributed by atoms with Crippen molar-refractivity contribution in [2.75, 3.05) is 7.11 Å². The van der Waals surface area contributed by atoms with Crippen LogP contribution in [0.1, 0.15) is 15.9 Å². The average molecular weight is 424 g/mol. The van der Waals surface area contributed by atoms with Crippen LogP contribution in [-0.2, 0) is 19.6 Å². The third-order valence-electron chi connectivity index (χ3n) is 3.12. The Balaban J connectivity index is 2.05. The number of carbonyl (C=O) groups excluding carboxylic acids is 2. The summed E-state index contributed by atoms with van der Waals surface area (Å²) in [5, 5.41) is 0. The quantitative estimate of drug-likeness (QED) is 0.589. The Morgan fingerprint density at radius 2 is 1.64 bits per heavy atom. The Morgan fingerprint density at radius 3 is 2.20 bits per heavy atom. The number of esters is 1. The summed E-state index contributed by atoms with van der Waals surface area (Å²) in [5.41, 5.74) is 1.01. The highest BCUT2D eigenvalue weighted by Gasteiger charge is 2.15. The molecular weight excluding hydrogens is 410 g/mol. The Labute approximate surface area is 153 Å². The van der Waals surface area contributed by atoms with Gasteiger partial charge in [0.2, 0.25) is 0 Å². The van der Waals surface area contributed by atoms with Gasteiger partial charge >= 0.3 is 5.97 Å². The summed E-state index contributed by atoms with van der Waals surface area (Å²) in [4.78, 5) is 23.1. The normalized spacial score (nSPS) is 11.3. The second-order valence-corrected chi connectivity index (χ2v) is 7.47. The number of hydrogen-bond acceptors (Lipinski definition) is 5. The van der Waals surface area contributed by atoms with Crippen molar-refractivity contribution < 1.29 is 22.7 Å². The molecule has 0 aliphatic carbocycles. The molecule has 1 N–H and O–H groups in total. The molecule has 0 bridgehead atoms. The van der Waals surface area contributed by atoms with E-state index in [-0.39, 0.29) is 4.90 Å². The monoisotopic (exact) mass is 423 g/mol. The molecule has 6 nitrogen and oxygen atoms in total. The van der Waals surface area contributed by atoms with Gasteiger partial charge in [0.1, 0.15) is 0 Å². The van der Waals surface area contributed by atoms with Gasteiger partial charge in [-0.25, -0.2) is 17.9 Å². The zero-order valence-electron chi connectivity index (χ0n) is 13.1. The number of ether oxygens (including phenoxy) is 1. The maximum absolute atomic E-state index is 12.1. The second kappa shape index (κ2) is 8.09. The Hall–Kier alpha value is -2.45. The van der Waals surface area contributed by atoms with E-state index in [1.54, 1.807) is 36.4 Å². The Bertz CT molecular complexity index is 903. The van der Waals surface area contributed by atoms with E-state index in [0.717, 1.165) is 10.5 Å². The molecule has 0 aliphatic rings. The molecule has 0 fully saturated rings. The zero-order valence-corrected chi connectivity index (χ0v) is 15.5. The molecule has 0 radical (unpaired) electrons. The van der Waals surface area contributed by atoms with Crippen LogP contribution in [-0.4, -0.2) is 27.4 Å². The summed E-state index contributed by atoms with van der Waals surface area (Å²) in [6.45, 7) is 0. The lowest BCUT2D eigenvalue weighted by molar-refractivity contribution is -0.114.